The van der Waals surface area contributed by atoms with Gasteiger partial charge in [-0.1, -0.05) is 12.1 Å². The average Bonchev–Trinajstić information content (AvgIpc) is 3.03. The normalized spacial score (nSPS) is 24.1. The zero-order chi connectivity index (χ0) is 18.1. The van der Waals surface area contributed by atoms with E-state index in [9.17, 15) is 4.79 Å². The Bertz CT molecular complexity index is 822. The smallest absolute Gasteiger partial charge is 0.286 e. The molecule has 5 nitrogen and oxygen atoms in total. The molecule has 1 fully saturated rings. The summed E-state index contributed by atoms with van der Waals surface area (Å²) in [6.45, 7) is 3.96. The SMILES string of the molecule is COc1cccc2c1OC(C)C(C=C1SC(N3CCCCC3)=NC1=O)=C2. The van der Waals surface area contributed by atoms with Crippen LogP contribution in [0.4, 0.5) is 0 Å². The maximum absolute atomic E-state index is 12.4. The van der Waals surface area contributed by atoms with E-state index in [0.29, 0.717) is 4.91 Å². The Morgan fingerprint density at radius 2 is 2.12 bits per heavy atom. The summed E-state index contributed by atoms with van der Waals surface area (Å²) in [4.78, 5) is 19.5. The molecule has 4 rings (SSSR count). The van der Waals surface area contributed by atoms with Gasteiger partial charge in [-0.3, -0.25) is 4.79 Å². The molecule has 3 aliphatic rings. The van der Waals surface area contributed by atoms with Gasteiger partial charge in [-0.15, -0.1) is 0 Å². The van der Waals surface area contributed by atoms with Gasteiger partial charge in [0.15, 0.2) is 16.7 Å². The summed E-state index contributed by atoms with van der Waals surface area (Å²) in [7, 11) is 1.64. The minimum Gasteiger partial charge on any atom is -0.493 e. The first-order valence-electron chi connectivity index (χ1n) is 8.98. The van der Waals surface area contributed by atoms with Gasteiger partial charge in [0.05, 0.1) is 12.0 Å². The van der Waals surface area contributed by atoms with Gasteiger partial charge in [0, 0.05) is 18.7 Å². The van der Waals surface area contributed by atoms with Crippen LogP contribution in [0.15, 0.2) is 39.7 Å². The van der Waals surface area contributed by atoms with Gasteiger partial charge in [0.25, 0.3) is 5.91 Å². The fraction of sp³-hybridized carbons (Fsp3) is 0.400. The number of hydrogen-bond donors (Lipinski definition) is 0. The van der Waals surface area contributed by atoms with E-state index in [4.69, 9.17) is 9.47 Å². The van der Waals surface area contributed by atoms with Crippen LogP contribution in [0.1, 0.15) is 31.7 Å². The molecule has 136 valence electrons. The first-order chi connectivity index (χ1) is 12.7. The first-order valence-corrected chi connectivity index (χ1v) is 9.80. The lowest BCUT2D eigenvalue weighted by Gasteiger charge is -2.27. The molecule has 0 radical (unpaired) electrons. The van der Waals surface area contributed by atoms with Gasteiger partial charge >= 0.3 is 0 Å². The Morgan fingerprint density at radius 3 is 2.88 bits per heavy atom. The molecule has 1 atom stereocenters. The number of fused-ring (bicyclic) bond motifs is 1. The van der Waals surface area contributed by atoms with E-state index in [0.717, 1.165) is 40.9 Å². The summed E-state index contributed by atoms with van der Waals surface area (Å²) < 4.78 is 11.4. The molecule has 0 aromatic heterocycles. The number of benzene rings is 1. The van der Waals surface area contributed by atoms with Crippen LogP contribution in [-0.4, -0.2) is 42.3 Å². The van der Waals surface area contributed by atoms with Gasteiger partial charge in [-0.2, -0.15) is 4.99 Å². The Hall–Kier alpha value is -2.21. The van der Waals surface area contributed by atoms with Crippen LogP contribution < -0.4 is 9.47 Å². The highest BCUT2D eigenvalue weighted by Gasteiger charge is 2.29. The Kier molecular flexibility index (Phi) is 4.76. The predicted molar refractivity (Wildman–Crippen MR) is 105 cm³/mol. The fourth-order valence-electron chi connectivity index (χ4n) is 3.40. The average molecular weight is 370 g/mol. The minimum atomic E-state index is -0.154. The molecule has 3 aliphatic heterocycles. The third-order valence-electron chi connectivity index (χ3n) is 4.85. The van der Waals surface area contributed by atoms with Crippen LogP contribution in [-0.2, 0) is 4.79 Å². The van der Waals surface area contributed by atoms with Crippen LogP contribution in [0.5, 0.6) is 11.5 Å². The van der Waals surface area contributed by atoms with E-state index in [2.05, 4.69) is 16.0 Å². The molecule has 0 bridgehead atoms. The van der Waals surface area contributed by atoms with Crippen molar-refractivity contribution >= 4 is 28.9 Å². The van der Waals surface area contributed by atoms with Crippen LogP contribution >= 0.6 is 11.8 Å². The monoisotopic (exact) mass is 370 g/mol. The molecule has 1 aromatic carbocycles. The summed E-state index contributed by atoms with van der Waals surface area (Å²) >= 11 is 1.48. The highest BCUT2D eigenvalue weighted by molar-refractivity contribution is 8.18. The number of likely N-dealkylation sites (tertiary alicyclic amines) is 1. The largest absolute Gasteiger partial charge is 0.493 e. The molecule has 0 saturated carbocycles. The molecule has 1 amide bonds. The number of carbonyl (C=O) groups is 1. The quantitative estimate of drug-likeness (QED) is 0.740. The van der Waals surface area contributed by atoms with Crippen molar-refractivity contribution < 1.29 is 14.3 Å². The van der Waals surface area contributed by atoms with Crippen molar-refractivity contribution in [2.45, 2.75) is 32.3 Å². The second kappa shape index (κ2) is 7.19. The number of hydrogen-bond acceptors (Lipinski definition) is 5. The van der Waals surface area contributed by atoms with Crippen LogP contribution in [0.3, 0.4) is 0 Å². The third-order valence-corrected chi connectivity index (χ3v) is 5.89. The fourth-order valence-corrected chi connectivity index (χ4v) is 4.37. The topological polar surface area (TPSA) is 51.1 Å². The molecule has 0 spiro atoms. The number of carbonyl (C=O) groups excluding carboxylic acids is 1. The number of ether oxygens (including phenoxy) is 2. The van der Waals surface area contributed by atoms with Gasteiger partial charge in [-0.05, 0) is 61.7 Å². The number of nitrogens with zero attached hydrogens (tertiary/aromatic N) is 2. The lowest BCUT2D eigenvalue weighted by molar-refractivity contribution is -0.113. The maximum atomic E-state index is 12.4. The van der Waals surface area contributed by atoms with Gasteiger partial charge < -0.3 is 14.4 Å². The Balaban J connectivity index is 1.58. The van der Waals surface area contributed by atoms with Crippen LogP contribution in [0.2, 0.25) is 0 Å². The Morgan fingerprint density at radius 1 is 1.31 bits per heavy atom. The molecule has 26 heavy (non-hydrogen) atoms. The number of rotatable bonds is 2. The summed E-state index contributed by atoms with van der Waals surface area (Å²) in [5.74, 6) is 1.32. The van der Waals surface area contributed by atoms with Crippen LogP contribution in [0.25, 0.3) is 6.08 Å². The molecular formula is C20H22N2O3S. The van der Waals surface area contributed by atoms with Crippen molar-refractivity contribution in [2.24, 2.45) is 4.99 Å². The predicted octanol–water partition coefficient (Wildman–Crippen LogP) is 3.86. The number of aliphatic imine (C=N–C) groups is 1. The molecular weight excluding hydrogens is 348 g/mol. The van der Waals surface area contributed by atoms with Crippen molar-refractivity contribution in [3.05, 3.63) is 40.3 Å². The Labute approximate surface area is 157 Å². The third kappa shape index (κ3) is 3.26. The summed E-state index contributed by atoms with van der Waals surface area (Å²) in [5, 5.41) is 0.841. The highest BCUT2D eigenvalue weighted by Crippen LogP contribution is 2.39. The van der Waals surface area contributed by atoms with Gasteiger partial charge in [0.1, 0.15) is 6.10 Å². The van der Waals surface area contributed by atoms with E-state index < -0.39 is 0 Å². The number of amidine groups is 1. The molecule has 0 aliphatic carbocycles. The lowest BCUT2D eigenvalue weighted by atomic mass is 10.0. The zero-order valence-corrected chi connectivity index (χ0v) is 15.8. The first kappa shape index (κ1) is 17.2. The van der Waals surface area contributed by atoms with E-state index in [1.807, 2.05) is 31.2 Å². The van der Waals surface area contributed by atoms with E-state index in [1.165, 1.54) is 31.0 Å². The molecule has 3 heterocycles. The number of amides is 1. The molecule has 0 N–H and O–H groups in total. The van der Waals surface area contributed by atoms with Crippen molar-refractivity contribution in [1.29, 1.82) is 0 Å². The number of methoxy groups -OCH3 is 1. The van der Waals surface area contributed by atoms with E-state index >= 15 is 0 Å². The van der Waals surface area contributed by atoms with E-state index in [-0.39, 0.29) is 12.0 Å². The van der Waals surface area contributed by atoms with Crippen molar-refractivity contribution in [3.63, 3.8) is 0 Å². The van der Waals surface area contributed by atoms with Crippen molar-refractivity contribution in [3.8, 4) is 11.5 Å². The molecule has 1 unspecified atom stereocenters. The maximum Gasteiger partial charge on any atom is 0.286 e. The van der Waals surface area contributed by atoms with Crippen molar-refractivity contribution in [2.75, 3.05) is 20.2 Å². The van der Waals surface area contributed by atoms with Crippen molar-refractivity contribution in [1.82, 2.24) is 4.90 Å². The minimum absolute atomic E-state index is 0.153. The van der Waals surface area contributed by atoms with Gasteiger partial charge in [-0.25, -0.2) is 0 Å². The zero-order valence-electron chi connectivity index (χ0n) is 15.0. The second-order valence-electron chi connectivity index (χ2n) is 6.64. The summed E-state index contributed by atoms with van der Waals surface area (Å²) in [5.41, 5.74) is 1.93. The van der Waals surface area contributed by atoms with Crippen LogP contribution in [0, 0.1) is 0 Å². The number of para-hydroxylation sites is 1. The molecule has 1 aromatic rings. The molecule has 1 saturated heterocycles. The van der Waals surface area contributed by atoms with E-state index in [1.54, 1.807) is 7.11 Å². The number of thioether (sulfide) groups is 1. The lowest BCUT2D eigenvalue weighted by Crippen LogP contribution is -2.33. The summed E-state index contributed by atoms with van der Waals surface area (Å²) in [6, 6.07) is 5.81. The number of piperidine rings is 1. The van der Waals surface area contributed by atoms with Gasteiger partial charge in [0.2, 0.25) is 0 Å². The second-order valence-corrected chi connectivity index (χ2v) is 7.65. The summed E-state index contributed by atoms with van der Waals surface area (Å²) in [6.07, 6.45) is 7.42. The molecule has 6 heteroatoms. The standard InChI is InChI=1S/C20H22N2O3S/c1-13-15(11-14-7-6-8-16(24-2)18(14)25-13)12-17-19(23)21-20(26-17)22-9-4-3-5-10-22/h6-8,11-13H,3-5,9-10H2,1-2H3. The highest BCUT2D eigenvalue weighted by atomic mass is 32.2.